The van der Waals surface area contributed by atoms with Crippen LogP contribution in [0.3, 0.4) is 0 Å². The number of benzene rings is 2. The number of imide groups is 3. The highest BCUT2D eigenvalue weighted by Crippen LogP contribution is 2.34. The summed E-state index contributed by atoms with van der Waals surface area (Å²) >= 11 is 0. The SMILES string of the molecule is Cc1nc(-c2ccc3c(c2)CCC3N)no1.Cc1nc(-c2ccc3c(c2)CCC3NC(=O)ON2C(=O)CCC2=O)no1.O=C(ON1C(=O)CCC1=O)ON1C(=O)CCC1=O.[2H]CF. The number of aromatic nitrogens is 4. The van der Waals surface area contributed by atoms with Gasteiger partial charge in [0.05, 0.1) is 14.6 Å². The number of fused-ring (bicyclic) bond motifs is 2. The summed E-state index contributed by atoms with van der Waals surface area (Å²) in [6.07, 6.45) is 1.13. The van der Waals surface area contributed by atoms with Crippen LogP contribution < -0.4 is 11.1 Å². The number of alkyl halides is 1. The van der Waals surface area contributed by atoms with E-state index in [4.69, 9.17) is 21.0 Å². The monoisotopic (exact) mass is 862 g/mol. The molecule has 2 atom stereocenters. The first-order valence-electron chi connectivity index (χ1n) is 19.8. The summed E-state index contributed by atoms with van der Waals surface area (Å²) in [5, 5.41) is 11.6. The van der Waals surface area contributed by atoms with E-state index in [9.17, 15) is 42.7 Å². The molecule has 62 heavy (non-hydrogen) atoms. The first-order chi connectivity index (χ1) is 30.1. The molecule has 9 rings (SSSR count). The van der Waals surface area contributed by atoms with Crippen molar-refractivity contribution in [2.75, 3.05) is 7.15 Å². The van der Waals surface area contributed by atoms with Gasteiger partial charge in [0.15, 0.2) is 0 Å². The Balaban J connectivity index is 0.000000158. The van der Waals surface area contributed by atoms with E-state index in [-0.39, 0.29) is 60.7 Å². The van der Waals surface area contributed by atoms with Gasteiger partial charge in [0.2, 0.25) is 23.4 Å². The van der Waals surface area contributed by atoms with Crippen LogP contribution in [-0.4, -0.2) is 90.3 Å². The number of carbonyl (C=O) groups is 8. The molecule has 3 saturated heterocycles. The van der Waals surface area contributed by atoms with Gasteiger partial charge in [-0.15, -0.1) is 5.06 Å². The van der Waals surface area contributed by atoms with Gasteiger partial charge in [-0.3, -0.25) is 42.8 Å². The summed E-state index contributed by atoms with van der Waals surface area (Å²) in [5.74, 6) is -1.48. The number of aryl methyl sites for hydroxylation is 4. The first-order valence-corrected chi connectivity index (χ1v) is 19.1. The van der Waals surface area contributed by atoms with E-state index in [1.54, 1.807) is 13.8 Å². The highest BCUT2D eigenvalue weighted by Gasteiger charge is 2.38. The van der Waals surface area contributed by atoms with Crippen LogP contribution in [0.25, 0.3) is 22.8 Å². The molecule has 4 aromatic rings. The maximum atomic E-state index is 12.0. The molecule has 0 bridgehead atoms. The third kappa shape index (κ3) is 10.1. The lowest BCUT2D eigenvalue weighted by Crippen LogP contribution is -2.38. The van der Waals surface area contributed by atoms with E-state index < -0.39 is 54.8 Å². The molecule has 326 valence electrons. The van der Waals surface area contributed by atoms with Crippen LogP contribution in [0.5, 0.6) is 0 Å². The second kappa shape index (κ2) is 19.3. The molecular weight excluding hydrogens is 821 g/mol. The number of amides is 7. The molecule has 22 nitrogen and oxygen atoms in total. The Labute approximate surface area is 352 Å². The fourth-order valence-electron chi connectivity index (χ4n) is 6.92. The Bertz CT molecular complexity index is 2350. The summed E-state index contributed by atoms with van der Waals surface area (Å²) in [6, 6.07) is 11.9. The third-order valence-corrected chi connectivity index (χ3v) is 9.87. The molecule has 2 unspecified atom stereocenters. The summed E-state index contributed by atoms with van der Waals surface area (Å²) in [5.41, 5.74) is 12.4. The Morgan fingerprint density at radius 1 is 0.677 bits per heavy atom. The van der Waals surface area contributed by atoms with Gasteiger partial charge >= 0.3 is 12.2 Å². The van der Waals surface area contributed by atoms with E-state index in [1.807, 2.05) is 24.3 Å². The van der Waals surface area contributed by atoms with Crippen molar-refractivity contribution < 1.29 is 67.7 Å². The lowest BCUT2D eigenvalue weighted by Gasteiger charge is -2.17. The van der Waals surface area contributed by atoms with Crippen molar-refractivity contribution in [1.29, 1.82) is 0 Å². The van der Waals surface area contributed by atoms with Gasteiger partial charge in [-0.05, 0) is 60.1 Å². The summed E-state index contributed by atoms with van der Waals surface area (Å²) in [7, 11) is -1.00. The molecule has 2 aliphatic carbocycles. The minimum Gasteiger partial charge on any atom is -0.339 e. The predicted molar refractivity (Wildman–Crippen MR) is 203 cm³/mol. The molecule has 0 saturated carbocycles. The molecule has 0 spiro atoms. The molecule has 5 heterocycles. The van der Waals surface area contributed by atoms with Gasteiger partial charge in [-0.25, -0.2) is 4.79 Å². The summed E-state index contributed by atoms with van der Waals surface area (Å²) in [6.45, 7) is 3.52. The first kappa shape index (κ1) is 42.7. The van der Waals surface area contributed by atoms with Gasteiger partial charge in [-0.1, -0.05) is 44.7 Å². The quantitative estimate of drug-likeness (QED) is 0.261. The zero-order chi connectivity index (χ0) is 45.4. The van der Waals surface area contributed by atoms with Gasteiger partial charge < -0.3 is 24.9 Å². The molecule has 23 heteroatoms. The predicted octanol–water partition coefficient (Wildman–Crippen LogP) is 3.67. The van der Waals surface area contributed by atoms with Crippen molar-refractivity contribution in [2.24, 2.45) is 5.73 Å². The number of hydroxylamine groups is 6. The summed E-state index contributed by atoms with van der Waals surface area (Å²) in [4.78, 5) is 113. The molecule has 3 N–H and O–H groups in total. The standard InChI is InChI=1S/C17H16N4O5.C12H13N3O.C9H8N2O7.CH3F/c1-9-18-16(20-25-9)11-2-4-12-10(8-11)3-5-13(12)19-17(24)26-21-14(22)6-7-15(21)23;1-7-14-12(15-16-7)9-2-4-10-8(6-9)3-5-11(10)13;12-5-1-2-6(13)10(5)17-9(16)18-11-7(14)3-4-8(11)15;1-2/h2,4,8,13H,3,5-7H2,1H3,(H,19,24);2,4,6,11H,3,5,13H2,1H3;1-4H2;1H3/i;;;1D. The molecular formula is C39H40FN9O13. The third-order valence-electron chi connectivity index (χ3n) is 9.87. The maximum absolute atomic E-state index is 12.0. The molecule has 0 radical (unpaired) electrons. The smallest absolute Gasteiger partial charge is 0.339 e. The van der Waals surface area contributed by atoms with Crippen LogP contribution in [0.15, 0.2) is 45.4 Å². The van der Waals surface area contributed by atoms with E-state index in [0.717, 1.165) is 41.5 Å². The zero-order valence-electron chi connectivity index (χ0n) is 34.3. The van der Waals surface area contributed by atoms with Crippen LogP contribution in [0.1, 0.15) is 98.9 Å². The molecule has 2 aromatic carbocycles. The number of nitrogens with one attached hydrogen (secondary N) is 1. The number of hydrogen-bond acceptors (Lipinski definition) is 18. The highest BCUT2D eigenvalue weighted by molar-refractivity contribution is 6.03. The molecule has 5 aliphatic rings. The van der Waals surface area contributed by atoms with Crippen molar-refractivity contribution in [3.63, 3.8) is 0 Å². The number of nitrogens with two attached hydrogens (primary N) is 1. The lowest BCUT2D eigenvalue weighted by molar-refractivity contribution is -0.198. The normalized spacial score (nSPS) is 18.8. The van der Waals surface area contributed by atoms with Crippen LogP contribution in [0, 0.1) is 13.8 Å². The number of nitrogens with zero attached hydrogens (tertiary/aromatic N) is 7. The Morgan fingerprint density at radius 2 is 1.08 bits per heavy atom. The van der Waals surface area contributed by atoms with Gasteiger partial charge in [0.1, 0.15) is 0 Å². The second-order valence-electron chi connectivity index (χ2n) is 14.0. The Hall–Kier alpha value is -7.43. The van der Waals surface area contributed by atoms with Crippen LogP contribution in [-0.2, 0) is 56.1 Å². The Kier molecular flexibility index (Phi) is 13.3. The average molecular weight is 863 g/mol. The van der Waals surface area contributed by atoms with Crippen molar-refractivity contribution in [3.05, 3.63) is 70.4 Å². The molecule has 3 aliphatic heterocycles. The van der Waals surface area contributed by atoms with Crippen LogP contribution in [0.4, 0.5) is 14.0 Å². The van der Waals surface area contributed by atoms with Crippen LogP contribution in [0.2, 0.25) is 0 Å². The van der Waals surface area contributed by atoms with Gasteiger partial charge in [0.25, 0.3) is 35.4 Å². The second-order valence-corrected chi connectivity index (χ2v) is 14.0. The number of rotatable bonds is 6. The molecule has 2 aromatic heterocycles. The van der Waals surface area contributed by atoms with Crippen molar-refractivity contribution in [2.45, 2.75) is 90.1 Å². The highest BCUT2D eigenvalue weighted by atomic mass is 19.1. The van der Waals surface area contributed by atoms with E-state index in [0.29, 0.717) is 34.9 Å². The van der Waals surface area contributed by atoms with E-state index >= 15 is 0 Å². The lowest BCUT2D eigenvalue weighted by atomic mass is 10.0. The largest absolute Gasteiger partial charge is 0.560 e. The van der Waals surface area contributed by atoms with E-state index in [2.05, 4.69) is 47.4 Å². The fourth-order valence-corrected chi connectivity index (χ4v) is 6.92. The topological polar surface area (TPSA) is 290 Å². The maximum Gasteiger partial charge on any atom is 0.560 e. The average Bonchev–Trinajstić information content (AvgIpc) is 4.16. The van der Waals surface area contributed by atoms with Gasteiger partial charge in [0, 0.05) is 69.5 Å². The zero-order valence-corrected chi connectivity index (χ0v) is 33.3. The fraction of sp³-hybridized carbons (Fsp3) is 0.385. The number of carbonyl (C=O) groups excluding carboxylic acids is 8. The van der Waals surface area contributed by atoms with E-state index in [1.165, 1.54) is 11.1 Å². The van der Waals surface area contributed by atoms with Crippen molar-refractivity contribution >= 4 is 47.7 Å². The minimum absolute atomic E-state index is 0.0618. The van der Waals surface area contributed by atoms with Crippen molar-refractivity contribution in [1.82, 2.24) is 40.8 Å². The molecule has 3 fully saturated rings. The number of hydrogen-bond donors (Lipinski definition) is 2. The Morgan fingerprint density at radius 3 is 1.52 bits per heavy atom. The van der Waals surface area contributed by atoms with Crippen LogP contribution >= 0.6 is 0 Å². The molecule has 7 amide bonds. The van der Waals surface area contributed by atoms with Crippen molar-refractivity contribution in [3.8, 4) is 22.8 Å². The van der Waals surface area contributed by atoms with Gasteiger partial charge in [-0.2, -0.15) is 14.8 Å². The summed E-state index contributed by atoms with van der Waals surface area (Å²) < 4.78 is 25.5. The minimum atomic E-state index is -1.48. The number of halogens is 1.